The largest absolute Gasteiger partial charge is 1.00 e. The number of esters is 4. The van der Waals surface area contributed by atoms with Crippen molar-refractivity contribution in [3.05, 3.63) is 0 Å². The number of ether oxygens (including phenoxy) is 4. The predicted octanol–water partition coefficient (Wildman–Crippen LogP) is -23.3. The van der Waals surface area contributed by atoms with E-state index in [9.17, 15) is 97.1 Å². The van der Waals surface area contributed by atoms with Crippen molar-refractivity contribution < 1.29 is 275 Å². The molecule has 0 radical (unpaired) electrons. The van der Waals surface area contributed by atoms with Crippen LogP contribution in [0.25, 0.3) is 0 Å². The molecule has 408 valence electrons. The van der Waals surface area contributed by atoms with Crippen molar-refractivity contribution in [1.29, 1.82) is 0 Å². The summed E-state index contributed by atoms with van der Waals surface area (Å²) in [5.74, 6) is -30.6. The monoisotopic (exact) mass is 1140 g/mol. The normalized spacial score (nSPS) is 11.3. The molecule has 36 nitrogen and oxygen atoms in total. The van der Waals surface area contributed by atoms with E-state index in [-0.39, 0.29) is 144 Å². The molecule has 0 heterocycles. The van der Waals surface area contributed by atoms with Crippen LogP contribution in [-0.2, 0) is 95.7 Å². The van der Waals surface area contributed by atoms with Gasteiger partial charge < -0.3 is 122 Å². The summed E-state index contributed by atoms with van der Waals surface area (Å²) in [7, 11) is 0. The third kappa shape index (κ3) is 46.6. The van der Waals surface area contributed by atoms with Gasteiger partial charge in [-0.3, -0.25) is 57.5 Å². The number of nitrogens with two attached hydrogens (primary N) is 4. The maximum atomic E-state index is 11.2. The number of carboxylic acids is 12. The second kappa shape index (κ2) is 48.7. The van der Waals surface area contributed by atoms with Gasteiger partial charge in [0.25, 0.3) is 0 Å². The molecular formula is C36H48N4Na4O32. The fourth-order valence-electron chi connectivity index (χ4n) is 3.65. The average Bonchev–Trinajstić information content (AvgIpc) is 3.25. The Kier molecular flexibility index (Phi) is 56.4. The van der Waals surface area contributed by atoms with Crippen molar-refractivity contribution in [2.75, 3.05) is 26.4 Å². The quantitative estimate of drug-likeness (QED) is 0.0129. The summed E-state index contributed by atoms with van der Waals surface area (Å²) < 4.78 is 17.5. The average molecular weight is 1140 g/mol. The summed E-state index contributed by atoms with van der Waals surface area (Å²) in [6, 6.07) is -5.09. The molecule has 0 aromatic rings. The van der Waals surface area contributed by atoms with E-state index >= 15 is 0 Å². The maximum absolute atomic E-state index is 11.2. The molecule has 0 aliphatic rings. The summed E-state index contributed by atoms with van der Waals surface area (Å²) in [6.45, 7) is -3.49. The topological polar surface area (TPSA) is 668 Å². The summed E-state index contributed by atoms with van der Waals surface area (Å²) in [5.41, 5.74) is 21.0. The minimum absolute atomic E-state index is 0. The van der Waals surface area contributed by atoms with Gasteiger partial charge in [-0.05, 0) is 51.4 Å². The Morgan fingerprint density at radius 3 is 0.500 bits per heavy atom. The number of rotatable bonds is 32. The van der Waals surface area contributed by atoms with E-state index in [2.05, 4.69) is 18.9 Å². The van der Waals surface area contributed by atoms with Crippen LogP contribution in [0.4, 0.5) is 0 Å². The first-order chi connectivity index (χ1) is 33.0. The molecule has 0 unspecified atom stereocenters. The molecular weight excluding hydrogens is 1090 g/mol. The van der Waals surface area contributed by atoms with Gasteiger partial charge in [0.2, 0.25) is 0 Å². The van der Waals surface area contributed by atoms with E-state index in [1.807, 2.05) is 0 Å². The number of aliphatic carboxylic acids is 12. The zero-order chi connectivity index (χ0) is 57.2. The van der Waals surface area contributed by atoms with Gasteiger partial charge in [0, 0.05) is 23.9 Å². The number of carbonyl (C=O) groups excluding carboxylic acids is 8. The molecule has 16 N–H and O–H groups in total. The third-order valence-electron chi connectivity index (χ3n) is 7.80. The zero-order valence-electron chi connectivity index (χ0n) is 40.8. The van der Waals surface area contributed by atoms with Crippen LogP contribution in [0.1, 0.15) is 51.4 Å². The Morgan fingerprint density at radius 2 is 0.408 bits per heavy atom. The van der Waals surface area contributed by atoms with E-state index in [1.165, 1.54) is 0 Å². The molecule has 0 spiro atoms. The minimum Gasteiger partial charge on any atom is -0.550 e. The first-order valence-electron chi connectivity index (χ1n) is 19.3. The molecule has 0 amide bonds. The van der Waals surface area contributed by atoms with Crippen molar-refractivity contribution >= 4 is 95.5 Å². The molecule has 0 saturated heterocycles. The number of carboxylic acid groups (broad SMARTS) is 12. The summed E-state index contributed by atoms with van der Waals surface area (Å²) in [5, 5.41) is 108. The van der Waals surface area contributed by atoms with Crippen LogP contribution in [0.2, 0.25) is 0 Å². The van der Waals surface area contributed by atoms with Gasteiger partial charge in [-0.25, -0.2) is 0 Å². The van der Waals surface area contributed by atoms with Gasteiger partial charge in [-0.1, -0.05) is 0 Å². The van der Waals surface area contributed by atoms with Crippen LogP contribution in [0.15, 0.2) is 0 Å². The van der Waals surface area contributed by atoms with E-state index in [0.717, 1.165) is 0 Å². The SMILES string of the molecule is N[C@@H](CCC(=O)[O-])C(=O)OCC(C(=O)O)C(=O)O.N[C@@H](CCC(=O)[O-])C(=O)OCC(C(=O)O)C(=O)O.N[C@@H](CCC(=O)[O-])C(=O)OCC(C(=O)O)C(=O)O.N[C@@H](CCC(=O)[O-])C(=O)OCC(C(=O)O)C(=O)O.[Na+].[Na+].[Na+].[Na+]. The van der Waals surface area contributed by atoms with Crippen LogP contribution >= 0.6 is 0 Å². The molecule has 0 fully saturated rings. The van der Waals surface area contributed by atoms with Crippen LogP contribution in [-0.4, -0.2) is 187 Å². The van der Waals surface area contributed by atoms with Gasteiger partial charge in [-0.15, -0.1) is 0 Å². The molecule has 0 bridgehead atoms. The standard InChI is InChI=1S/4C9H13NO8.4Na/c4*10-5(1-2-6(11)12)9(17)18-3-4(7(13)14)8(15)16;;;;/h4*4-5H,1-3,10H2,(H,11,12)(H,13,14)(H,15,16);;;;/q;;;;4*+1/p-4/t4*5-;;;;/m0000..../s1. The predicted molar refractivity (Wildman–Crippen MR) is 208 cm³/mol. The molecule has 0 aromatic heterocycles. The van der Waals surface area contributed by atoms with Crippen LogP contribution in [0, 0.1) is 23.7 Å². The number of hydrogen-bond donors (Lipinski definition) is 12. The van der Waals surface area contributed by atoms with E-state index in [4.69, 9.17) is 63.8 Å². The molecule has 0 saturated carbocycles. The third-order valence-corrected chi connectivity index (χ3v) is 7.80. The molecule has 0 rings (SSSR count). The van der Waals surface area contributed by atoms with Crippen LogP contribution in [0.5, 0.6) is 0 Å². The summed E-state index contributed by atoms with van der Waals surface area (Å²) in [6.07, 6.45) is -2.82. The molecule has 40 heteroatoms. The molecule has 0 aliphatic carbocycles. The van der Waals surface area contributed by atoms with Gasteiger partial charge in [-0.2, -0.15) is 0 Å². The molecule has 76 heavy (non-hydrogen) atoms. The Bertz CT molecular complexity index is 1650. The molecule has 0 aliphatic heterocycles. The number of hydrogen-bond acceptors (Lipinski definition) is 28. The fraction of sp³-hybridized carbons (Fsp3) is 0.556. The Balaban J connectivity index is -0.000000133. The van der Waals surface area contributed by atoms with Crippen molar-refractivity contribution in [2.24, 2.45) is 46.6 Å². The second-order valence-electron chi connectivity index (χ2n) is 13.5. The van der Waals surface area contributed by atoms with Crippen molar-refractivity contribution in [3.8, 4) is 0 Å². The van der Waals surface area contributed by atoms with Crippen LogP contribution in [0.3, 0.4) is 0 Å². The Hall–Kier alpha value is -4.64. The summed E-state index contributed by atoms with van der Waals surface area (Å²) >= 11 is 0. The van der Waals surface area contributed by atoms with E-state index < -0.39 is 195 Å². The van der Waals surface area contributed by atoms with Gasteiger partial charge in [0.05, 0.1) is 0 Å². The Labute approximate surface area is 514 Å². The number of carbonyl (C=O) groups is 16. The van der Waals surface area contributed by atoms with Crippen LogP contribution < -0.4 is 162 Å². The Morgan fingerprint density at radius 1 is 0.289 bits per heavy atom. The van der Waals surface area contributed by atoms with E-state index in [1.54, 1.807) is 0 Å². The van der Waals surface area contributed by atoms with Gasteiger partial charge in [0.15, 0.2) is 23.7 Å². The first kappa shape index (κ1) is 88.0. The van der Waals surface area contributed by atoms with Gasteiger partial charge in [0.1, 0.15) is 50.6 Å². The van der Waals surface area contributed by atoms with Crippen molar-refractivity contribution in [1.82, 2.24) is 0 Å². The van der Waals surface area contributed by atoms with Gasteiger partial charge >= 0.3 is 190 Å². The van der Waals surface area contributed by atoms with E-state index in [0.29, 0.717) is 0 Å². The minimum atomic E-state index is -1.89. The second-order valence-corrected chi connectivity index (χ2v) is 13.5. The molecule has 4 atom stereocenters. The van der Waals surface area contributed by atoms with Crippen molar-refractivity contribution in [2.45, 2.75) is 75.5 Å². The summed E-state index contributed by atoms with van der Waals surface area (Å²) in [4.78, 5) is 169. The smallest absolute Gasteiger partial charge is 0.550 e. The fourth-order valence-corrected chi connectivity index (χ4v) is 3.65. The van der Waals surface area contributed by atoms with Crippen molar-refractivity contribution in [3.63, 3.8) is 0 Å². The molecule has 0 aromatic carbocycles. The zero-order valence-corrected chi connectivity index (χ0v) is 48.8. The first-order valence-corrected chi connectivity index (χ1v) is 19.3. The maximum Gasteiger partial charge on any atom is 1.00 e.